The lowest BCUT2D eigenvalue weighted by Crippen LogP contribution is -1.89. The number of allylic oxidation sites excluding steroid dienone is 5. The van der Waals surface area contributed by atoms with Gasteiger partial charge in [0, 0.05) is 0 Å². The van der Waals surface area contributed by atoms with Gasteiger partial charge >= 0.3 is 0 Å². The summed E-state index contributed by atoms with van der Waals surface area (Å²) in [7, 11) is 0. The monoisotopic (exact) mass is 209 g/mol. The summed E-state index contributed by atoms with van der Waals surface area (Å²) in [5, 5.41) is 0.440. The van der Waals surface area contributed by atoms with Crippen LogP contribution in [-0.2, 0) is 0 Å². The van der Waals surface area contributed by atoms with Crippen LogP contribution < -0.4 is 0 Å². The maximum Gasteiger partial charge on any atom is 0.132 e. The zero-order valence-corrected chi connectivity index (χ0v) is 9.73. The molecule has 0 saturated carbocycles. The number of hydrogen-bond donors (Lipinski definition) is 0. The molecule has 0 radical (unpaired) electrons. The maximum atomic E-state index is 5.89. The van der Waals surface area contributed by atoms with Gasteiger partial charge in [0.1, 0.15) is 5.17 Å². The molecule has 14 heavy (non-hydrogen) atoms. The second kappa shape index (κ2) is 6.39. The minimum absolute atomic E-state index is 0.440. The highest BCUT2D eigenvalue weighted by atomic mass is 35.5. The minimum atomic E-state index is 0.440. The highest BCUT2D eigenvalue weighted by molar-refractivity contribution is 6.69. The first-order valence-corrected chi connectivity index (χ1v) is 4.73. The summed E-state index contributed by atoms with van der Waals surface area (Å²) < 4.78 is 0. The fourth-order valence-corrected chi connectivity index (χ4v) is 0.767. The molecule has 0 saturated heterocycles. The van der Waals surface area contributed by atoms with E-state index in [1.165, 1.54) is 0 Å². The summed E-state index contributed by atoms with van der Waals surface area (Å²) in [5.74, 6) is 0. The fourth-order valence-electron chi connectivity index (χ4n) is 0.676. The van der Waals surface area contributed by atoms with Gasteiger partial charge in [0.25, 0.3) is 0 Å². The quantitative estimate of drug-likeness (QED) is 0.485. The van der Waals surface area contributed by atoms with Gasteiger partial charge in [0.15, 0.2) is 0 Å². The normalized spacial score (nSPS) is 11.6. The van der Waals surface area contributed by atoms with Crippen LogP contribution in [0.5, 0.6) is 0 Å². The number of hydrogen-bond acceptors (Lipinski definition) is 1. The molecule has 0 heterocycles. The molecule has 0 aromatic rings. The van der Waals surface area contributed by atoms with Gasteiger partial charge < -0.3 is 0 Å². The molecular formula is C12H16ClN. The molecule has 0 aliphatic heterocycles. The molecule has 0 bridgehead atoms. The molecule has 0 spiro atoms. The van der Waals surface area contributed by atoms with E-state index in [9.17, 15) is 0 Å². The highest BCUT2D eigenvalue weighted by Crippen LogP contribution is 2.11. The predicted molar refractivity (Wildman–Crippen MR) is 65.8 cm³/mol. The Bertz CT molecular complexity index is 315. The Kier molecular flexibility index (Phi) is 5.89. The topological polar surface area (TPSA) is 12.4 Å². The fraction of sp³-hybridized carbons (Fsp3) is 0.250. The van der Waals surface area contributed by atoms with E-state index in [1.54, 1.807) is 6.08 Å². The second-order valence-corrected chi connectivity index (χ2v) is 3.52. The second-order valence-electron chi connectivity index (χ2n) is 3.16. The summed E-state index contributed by atoms with van der Waals surface area (Å²) >= 11 is 5.89. The first-order valence-electron chi connectivity index (χ1n) is 4.35. The lowest BCUT2D eigenvalue weighted by molar-refractivity contribution is 1.25. The Hall–Kier alpha value is -1.08. The third-order valence-electron chi connectivity index (χ3n) is 1.47. The zero-order valence-electron chi connectivity index (χ0n) is 8.97. The van der Waals surface area contributed by atoms with Crippen LogP contribution in [0, 0.1) is 0 Å². The zero-order chi connectivity index (χ0) is 11.1. The molecule has 76 valence electrons. The first kappa shape index (κ1) is 12.9. The molecule has 0 aromatic heterocycles. The maximum absolute atomic E-state index is 5.89. The summed E-state index contributed by atoms with van der Waals surface area (Å²) in [6, 6.07) is 0. The average Bonchev–Trinajstić information content (AvgIpc) is 2.10. The first-order chi connectivity index (χ1) is 6.49. The number of nitrogens with zero attached hydrogens (tertiary/aromatic N) is 1. The van der Waals surface area contributed by atoms with Crippen molar-refractivity contribution in [3.63, 3.8) is 0 Å². The smallest absolute Gasteiger partial charge is 0.132 e. The molecule has 0 amide bonds. The van der Waals surface area contributed by atoms with Crippen LogP contribution >= 0.6 is 11.6 Å². The van der Waals surface area contributed by atoms with E-state index < -0.39 is 0 Å². The van der Waals surface area contributed by atoms with Gasteiger partial charge in [-0.1, -0.05) is 42.5 Å². The van der Waals surface area contributed by atoms with E-state index in [4.69, 9.17) is 11.6 Å². The van der Waals surface area contributed by atoms with Crippen molar-refractivity contribution in [2.24, 2.45) is 4.99 Å². The predicted octanol–water partition coefficient (Wildman–Crippen LogP) is 4.24. The van der Waals surface area contributed by atoms with Crippen LogP contribution in [0.2, 0.25) is 0 Å². The molecule has 0 rings (SSSR count). The molecular weight excluding hydrogens is 194 g/mol. The van der Waals surface area contributed by atoms with Crippen molar-refractivity contribution in [3.8, 4) is 0 Å². The lowest BCUT2D eigenvalue weighted by Gasteiger charge is -2.00. The van der Waals surface area contributed by atoms with Crippen molar-refractivity contribution in [2.45, 2.75) is 20.8 Å². The summed E-state index contributed by atoms with van der Waals surface area (Å²) in [6.07, 6.45) is 5.40. The van der Waals surface area contributed by atoms with Crippen molar-refractivity contribution >= 4 is 16.8 Å². The molecule has 0 unspecified atom stereocenters. The average molecular weight is 210 g/mol. The largest absolute Gasteiger partial charge is 0.237 e. The molecule has 0 atom stereocenters. The van der Waals surface area contributed by atoms with Crippen molar-refractivity contribution in [3.05, 3.63) is 48.2 Å². The Balaban J connectivity index is 4.99. The molecule has 1 nitrogen and oxygen atoms in total. The molecule has 0 aliphatic carbocycles. The summed E-state index contributed by atoms with van der Waals surface area (Å²) in [5.41, 5.74) is 2.71. The Morgan fingerprint density at radius 1 is 1.29 bits per heavy atom. The molecule has 0 N–H and O–H groups in total. The van der Waals surface area contributed by atoms with E-state index in [2.05, 4.69) is 18.2 Å². The molecule has 0 aromatic carbocycles. The van der Waals surface area contributed by atoms with Crippen LogP contribution in [0.25, 0.3) is 0 Å². The third-order valence-corrected chi connectivity index (χ3v) is 1.88. The minimum Gasteiger partial charge on any atom is -0.237 e. The van der Waals surface area contributed by atoms with E-state index in [0.29, 0.717) is 5.17 Å². The van der Waals surface area contributed by atoms with E-state index in [1.807, 2.05) is 32.9 Å². The van der Waals surface area contributed by atoms with Crippen LogP contribution in [0.15, 0.2) is 53.2 Å². The van der Waals surface area contributed by atoms with Crippen LogP contribution in [-0.4, -0.2) is 5.17 Å². The van der Waals surface area contributed by atoms with Crippen molar-refractivity contribution in [1.82, 2.24) is 0 Å². The van der Waals surface area contributed by atoms with Gasteiger partial charge in [0.05, 0.1) is 5.70 Å². The van der Waals surface area contributed by atoms with Gasteiger partial charge in [-0.2, -0.15) is 0 Å². The van der Waals surface area contributed by atoms with Gasteiger partial charge in [0.2, 0.25) is 0 Å². The van der Waals surface area contributed by atoms with Crippen molar-refractivity contribution in [1.29, 1.82) is 0 Å². The van der Waals surface area contributed by atoms with Gasteiger partial charge in [-0.15, -0.1) is 0 Å². The SMILES string of the molecule is C=C/C=C\C(N=C(Cl)C(=C)C)=C(C)C. The van der Waals surface area contributed by atoms with Gasteiger partial charge in [-0.05, 0) is 32.4 Å². The van der Waals surface area contributed by atoms with Gasteiger partial charge in [-0.25, -0.2) is 4.99 Å². The molecule has 0 aliphatic rings. The Morgan fingerprint density at radius 3 is 2.21 bits per heavy atom. The van der Waals surface area contributed by atoms with Crippen molar-refractivity contribution in [2.75, 3.05) is 0 Å². The van der Waals surface area contributed by atoms with E-state index in [0.717, 1.165) is 16.8 Å². The van der Waals surface area contributed by atoms with Crippen LogP contribution in [0.4, 0.5) is 0 Å². The molecule has 2 heteroatoms. The van der Waals surface area contributed by atoms with E-state index >= 15 is 0 Å². The molecule has 0 fully saturated rings. The van der Waals surface area contributed by atoms with Gasteiger partial charge in [-0.3, -0.25) is 0 Å². The van der Waals surface area contributed by atoms with Crippen LogP contribution in [0.3, 0.4) is 0 Å². The van der Waals surface area contributed by atoms with E-state index in [-0.39, 0.29) is 0 Å². The van der Waals surface area contributed by atoms with Crippen LogP contribution in [0.1, 0.15) is 20.8 Å². The third kappa shape index (κ3) is 4.83. The van der Waals surface area contributed by atoms with Crippen molar-refractivity contribution < 1.29 is 0 Å². The number of halogens is 1. The Labute approximate surface area is 91.2 Å². The summed E-state index contributed by atoms with van der Waals surface area (Å²) in [6.45, 7) is 13.1. The number of rotatable bonds is 4. The standard InChI is InChI=1S/C12H16ClN/c1-6-7-8-11(9(2)3)14-12(13)10(4)5/h6-8H,1,4H2,2-3,5H3/b8-7-,14-12?. The Morgan fingerprint density at radius 2 is 1.86 bits per heavy atom. The summed E-state index contributed by atoms with van der Waals surface area (Å²) in [4.78, 5) is 4.24. The highest BCUT2D eigenvalue weighted by Gasteiger charge is 1.97. The lowest BCUT2D eigenvalue weighted by atomic mass is 10.2. The number of aliphatic imine (C=N–C) groups is 1.